The van der Waals surface area contributed by atoms with Gasteiger partial charge in [-0.1, -0.05) is 30.3 Å². The van der Waals surface area contributed by atoms with Crippen molar-refractivity contribution in [1.82, 2.24) is 0 Å². The zero-order chi connectivity index (χ0) is 17.2. The van der Waals surface area contributed by atoms with Gasteiger partial charge in [-0.3, -0.25) is 4.79 Å². The van der Waals surface area contributed by atoms with Crippen molar-refractivity contribution in [3.8, 4) is 6.07 Å². The number of hydrogen-bond donors (Lipinski definition) is 0. The van der Waals surface area contributed by atoms with E-state index < -0.39 is 5.41 Å². The van der Waals surface area contributed by atoms with Gasteiger partial charge in [0.15, 0.2) is 5.78 Å². The molecule has 0 radical (unpaired) electrons. The van der Waals surface area contributed by atoms with Gasteiger partial charge in [0.25, 0.3) is 0 Å². The van der Waals surface area contributed by atoms with Crippen LogP contribution in [0.2, 0.25) is 0 Å². The number of ketones is 1. The summed E-state index contributed by atoms with van der Waals surface area (Å²) < 4.78 is 0. The highest BCUT2D eigenvalue weighted by atomic mass is 16.1. The van der Waals surface area contributed by atoms with E-state index in [4.69, 9.17) is 5.26 Å². The Morgan fingerprint density at radius 2 is 1.92 bits per heavy atom. The number of benzene rings is 2. The Kier molecular flexibility index (Phi) is 4.22. The standard InChI is InChI=1S/C21H20N2O/c1-21(18-8-6-7-16(13-18)14-22)12-11-17(20(21)24)15-23(2)19-9-4-3-5-10-19/h3-10,13,15H,11-12H2,1-2H3/b17-15-. The molecule has 2 aromatic carbocycles. The molecule has 1 fully saturated rings. The number of para-hydroxylation sites is 1. The largest absolute Gasteiger partial charge is 0.351 e. The maximum Gasteiger partial charge on any atom is 0.170 e. The molecule has 1 aliphatic carbocycles. The van der Waals surface area contributed by atoms with E-state index in [9.17, 15) is 4.79 Å². The van der Waals surface area contributed by atoms with Crippen LogP contribution in [0.25, 0.3) is 0 Å². The maximum atomic E-state index is 13.0. The Morgan fingerprint density at radius 1 is 1.17 bits per heavy atom. The van der Waals surface area contributed by atoms with Crippen molar-refractivity contribution in [3.05, 3.63) is 77.5 Å². The first-order chi connectivity index (χ1) is 11.5. The van der Waals surface area contributed by atoms with Crippen LogP contribution in [-0.2, 0) is 10.2 Å². The fourth-order valence-corrected chi connectivity index (χ4v) is 3.27. The summed E-state index contributed by atoms with van der Waals surface area (Å²) in [6, 6.07) is 19.5. The maximum absolute atomic E-state index is 13.0. The Balaban J connectivity index is 1.89. The van der Waals surface area contributed by atoms with Crippen LogP contribution in [-0.4, -0.2) is 12.8 Å². The molecule has 1 atom stereocenters. The quantitative estimate of drug-likeness (QED) is 0.797. The summed E-state index contributed by atoms with van der Waals surface area (Å²) in [7, 11) is 1.96. The Labute approximate surface area is 142 Å². The Bertz CT molecular complexity index is 832. The molecule has 1 saturated carbocycles. The van der Waals surface area contributed by atoms with Crippen molar-refractivity contribution in [3.63, 3.8) is 0 Å². The molecule has 1 unspecified atom stereocenters. The van der Waals surface area contributed by atoms with Crippen LogP contribution in [0.1, 0.15) is 30.9 Å². The molecule has 0 saturated heterocycles. The fourth-order valence-electron chi connectivity index (χ4n) is 3.27. The van der Waals surface area contributed by atoms with Gasteiger partial charge in [0.05, 0.1) is 17.0 Å². The minimum atomic E-state index is -0.545. The van der Waals surface area contributed by atoms with E-state index in [2.05, 4.69) is 6.07 Å². The molecule has 0 bridgehead atoms. The van der Waals surface area contributed by atoms with Crippen molar-refractivity contribution in [2.24, 2.45) is 0 Å². The lowest BCUT2D eigenvalue weighted by atomic mass is 9.79. The zero-order valence-electron chi connectivity index (χ0n) is 14.0. The first kappa shape index (κ1) is 16.0. The normalized spacial score (nSPS) is 21.7. The van der Waals surface area contributed by atoms with Gasteiger partial charge in [-0.2, -0.15) is 5.26 Å². The van der Waals surface area contributed by atoms with E-state index >= 15 is 0 Å². The second kappa shape index (κ2) is 6.33. The molecule has 0 spiro atoms. The molecular weight excluding hydrogens is 296 g/mol. The third kappa shape index (κ3) is 2.83. The molecule has 3 rings (SSSR count). The Hall–Kier alpha value is -2.86. The molecule has 0 aromatic heterocycles. The van der Waals surface area contributed by atoms with Gasteiger partial charge >= 0.3 is 0 Å². The van der Waals surface area contributed by atoms with Gasteiger partial charge in [-0.05, 0) is 49.6 Å². The summed E-state index contributed by atoms with van der Waals surface area (Å²) in [5.41, 5.74) is 2.87. The van der Waals surface area contributed by atoms with Crippen LogP contribution in [0.3, 0.4) is 0 Å². The Morgan fingerprint density at radius 3 is 2.62 bits per heavy atom. The molecule has 0 heterocycles. The summed E-state index contributed by atoms with van der Waals surface area (Å²) in [6.45, 7) is 1.98. The van der Waals surface area contributed by atoms with Crippen LogP contribution < -0.4 is 4.90 Å². The number of carbonyl (C=O) groups is 1. The molecule has 3 heteroatoms. The predicted octanol–water partition coefficient (Wildman–Crippen LogP) is 4.20. The average molecular weight is 316 g/mol. The van der Waals surface area contributed by atoms with E-state index in [0.29, 0.717) is 5.56 Å². The number of Topliss-reactive ketones (excluding diaryl/α,β-unsaturated/α-hetero) is 1. The monoisotopic (exact) mass is 316 g/mol. The molecule has 1 aliphatic rings. The zero-order valence-corrected chi connectivity index (χ0v) is 14.0. The van der Waals surface area contributed by atoms with Crippen molar-refractivity contribution in [2.75, 3.05) is 11.9 Å². The summed E-state index contributed by atoms with van der Waals surface area (Å²) in [5, 5.41) is 9.10. The van der Waals surface area contributed by atoms with Crippen LogP contribution in [0.4, 0.5) is 5.69 Å². The van der Waals surface area contributed by atoms with Gasteiger partial charge in [0.2, 0.25) is 0 Å². The minimum absolute atomic E-state index is 0.153. The average Bonchev–Trinajstić information content (AvgIpc) is 2.92. The number of rotatable bonds is 3. The van der Waals surface area contributed by atoms with Crippen LogP contribution in [0.15, 0.2) is 66.4 Å². The van der Waals surface area contributed by atoms with E-state index in [1.54, 1.807) is 6.07 Å². The third-order valence-corrected chi connectivity index (χ3v) is 4.83. The number of anilines is 1. The minimum Gasteiger partial charge on any atom is -0.351 e. The van der Waals surface area contributed by atoms with E-state index in [-0.39, 0.29) is 5.78 Å². The number of allylic oxidation sites excluding steroid dienone is 1. The van der Waals surface area contributed by atoms with E-state index in [0.717, 1.165) is 29.7 Å². The number of hydrogen-bond acceptors (Lipinski definition) is 3. The number of nitrogens with zero attached hydrogens (tertiary/aromatic N) is 2. The molecule has 0 aliphatic heterocycles. The first-order valence-electron chi connectivity index (χ1n) is 8.08. The van der Waals surface area contributed by atoms with Crippen molar-refractivity contribution < 1.29 is 4.79 Å². The smallest absolute Gasteiger partial charge is 0.170 e. The fraction of sp³-hybridized carbons (Fsp3) is 0.238. The van der Waals surface area contributed by atoms with Crippen LogP contribution >= 0.6 is 0 Å². The molecule has 0 amide bonds. The van der Waals surface area contributed by atoms with E-state index in [1.807, 2.05) is 73.6 Å². The number of carbonyl (C=O) groups excluding carboxylic acids is 1. The van der Waals surface area contributed by atoms with E-state index in [1.165, 1.54) is 0 Å². The highest BCUT2D eigenvalue weighted by molar-refractivity contribution is 6.05. The summed E-state index contributed by atoms with van der Waals surface area (Å²) >= 11 is 0. The van der Waals surface area contributed by atoms with Gasteiger partial charge in [0.1, 0.15) is 0 Å². The van der Waals surface area contributed by atoms with Gasteiger partial charge in [0, 0.05) is 24.5 Å². The van der Waals surface area contributed by atoms with Crippen LogP contribution in [0, 0.1) is 11.3 Å². The topological polar surface area (TPSA) is 44.1 Å². The van der Waals surface area contributed by atoms with Gasteiger partial charge in [-0.25, -0.2) is 0 Å². The predicted molar refractivity (Wildman–Crippen MR) is 95.7 cm³/mol. The molecule has 2 aromatic rings. The summed E-state index contributed by atoms with van der Waals surface area (Å²) in [4.78, 5) is 15.0. The second-order valence-electron chi connectivity index (χ2n) is 6.45. The van der Waals surface area contributed by atoms with Gasteiger partial charge < -0.3 is 4.90 Å². The second-order valence-corrected chi connectivity index (χ2v) is 6.45. The van der Waals surface area contributed by atoms with Gasteiger partial charge in [-0.15, -0.1) is 0 Å². The SMILES string of the molecule is CN(/C=C1/CCC(C)(c2cccc(C#N)c2)C1=O)c1ccccc1. The molecular formula is C21H20N2O. The lowest BCUT2D eigenvalue weighted by Gasteiger charge is -2.22. The third-order valence-electron chi connectivity index (χ3n) is 4.83. The first-order valence-corrected chi connectivity index (χ1v) is 8.08. The van der Waals surface area contributed by atoms with Crippen molar-refractivity contribution in [1.29, 1.82) is 5.26 Å². The number of nitriles is 1. The van der Waals surface area contributed by atoms with Crippen LogP contribution in [0.5, 0.6) is 0 Å². The highest BCUT2D eigenvalue weighted by Gasteiger charge is 2.42. The van der Waals surface area contributed by atoms with Crippen molar-refractivity contribution in [2.45, 2.75) is 25.2 Å². The summed E-state index contributed by atoms with van der Waals surface area (Å²) in [6.07, 6.45) is 3.47. The molecule has 24 heavy (non-hydrogen) atoms. The summed E-state index contributed by atoms with van der Waals surface area (Å²) in [5.74, 6) is 0.153. The molecule has 3 nitrogen and oxygen atoms in total. The lowest BCUT2D eigenvalue weighted by Crippen LogP contribution is -2.28. The highest BCUT2D eigenvalue weighted by Crippen LogP contribution is 2.41. The molecule has 0 N–H and O–H groups in total. The van der Waals surface area contributed by atoms with Crippen molar-refractivity contribution >= 4 is 11.5 Å². The lowest BCUT2D eigenvalue weighted by molar-refractivity contribution is -0.118. The molecule has 120 valence electrons.